The van der Waals surface area contributed by atoms with Crippen LogP contribution in [0.15, 0.2) is 34.7 Å². The van der Waals surface area contributed by atoms with Gasteiger partial charge in [-0.1, -0.05) is 6.07 Å². The van der Waals surface area contributed by atoms with Crippen molar-refractivity contribution < 1.29 is 33.1 Å². The van der Waals surface area contributed by atoms with Gasteiger partial charge in [-0.3, -0.25) is 14.9 Å². The zero-order chi connectivity index (χ0) is 19.1. The van der Waals surface area contributed by atoms with Crippen LogP contribution in [0.4, 0.5) is 5.88 Å². The summed E-state index contributed by atoms with van der Waals surface area (Å²) in [5, 5.41) is 13.1. The fourth-order valence-corrected chi connectivity index (χ4v) is 1.98. The van der Waals surface area contributed by atoms with Crippen LogP contribution in [0.5, 0.6) is 11.5 Å². The van der Waals surface area contributed by atoms with E-state index in [0.717, 1.165) is 17.7 Å². The molecular weight excluding hydrogens is 348 g/mol. The van der Waals surface area contributed by atoms with E-state index in [-0.39, 0.29) is 12.3 Å². The van der Waals surface area contributed by atoms with Crippen molar-refractivity contribution in [3.8, 4) is 11.5 Å². The molecule has 1 amide bonds. The lowest BCUT2D eigenvalue weighted by Gasteiger charge is -2.10. The van der Waals surface area contributed by atoms with E-state index in [9.17, 15) is 19.7 Å². The van der Waals surface area contributed by atoms with E-state index in [4.69, 9.17) is 14.2 Å². The van der Waals surface area contributed by atoms with Crippen LogP contribution in [0.25, 0.3) is 0 Å². The third-order valence-electron chi connectivity index (χ3n) is 3.24. The maximum absolute atomic E-state index is 11.8. The third-order valence-corrected chi connectivity index (χ3v) is 3.24. The first-order valence-electron chi connectivity index (χ1n) is 7.33. The number of esters is 1. The molecule has 0 atom stereocenters. The molecule has 0 unspecified atom stereocenters. The van der Waals surface area contributed by atoms with Crippen LogP contribution in [0, 0.1) is 10.1 Å². The monoisotopic (exact) mass is 364 g/mol. The molecule has 1 N–H and O–H groups in total. The fraction of sp³-hybridized carbons (Fsp3) is 0.250. The number of carbonyl (C=O) groups excluding carboxylic acids is 2. The number of hydrogen-bond acceptors (Lipinski definition) is 8. The summed E-state index contributed by atoms with van der Waals surface area (Å²) in [6.45, 7) is -0.371. The van der Waals surface area contributed by atoms with E-state index >= 15 is 0 Å². The molecule has 26 heavy (non-hydrogen) atoms. The topological polar surface area (TPSA) is 130 Å². The molecule has 2 aromatic rings. The smallest absolute Gasteiger partial charge is 0.433 e. The number of nitrogens with one attached hydrogen (secondary N) is 1. The standard InChI is InChI=1S/C16H16N2O8/c1-23-11-4-3-10(7-13(11)24-2)8-17-14(19)9-25-16(20)12-5-6-15(26-12)18(21)22/h3-7H,8-9H2,1-2H3,(H,17,19). The van der Waals surface area contributed by atoms with E-state index in [1.807, 2.05) is 0 Å². The second-order valence-corrected chi connectivity index (χ2v) is 4.94. The number of ether oxygens (including phenoxy) is 3. The third kappa shape index (κ3) is 4.72. The second kappa shape index (κ2) is 8.51. The quantitative estimate of drug-likeness (QED) is 0.425. The highest BCUT2D eigenvalue weighted by molar-refractivity contribution is 5.89. The Morgan fingerprint density at radius 2 is 1.88 bits per heavy atom. The predicted molar refractivity (Wildman–Crippen MR) is 87.0 cm³/mol. The van der Waals surface area contributed by atoms with Gasteiger partial charge >= 0.3 is 11.9 Å². The first-order valence-corrected chi connectivity index (χ1v) is 7.33. The normalized spacial score (nSPS) is 10.1. The molecule has 0 saturated heterocycles. The van der Waals surface area contributed by atoms with Gasteiger partial charge in [0.05, 0.1) is 20.3 Å². The van der Waals surface area contributed by atoms with Crippen LogP contribution in [0.2, 0.25) is 0 Å². The minimum atomic E-state index is -0.973. The number of nitro groups is 1. The molecule has 0 aliphatic heterocycles. The van der Waals surface area contributed by atoms with E-state index in [2.05, 4.69) is 9.73 Å². The Kier molecular flexibility index (Phi) is 6.15. The van der Waals surface area contributed by atoms with Crippen LogP contribution in [0.3, 0.4) is 0 Å². The summed E-state index contributed by atoms with van der Waals surface area (Å²) in [5.41, 5.74) is 0.754. The molecule has 1 heterocycles. The van der Waals surface area contributed by atoms with Crippen LogP contribution in [-0.2, 0) is 16.1 Å². The number of furan rings is 1. The largest absolute Gasteiger partial charge is 0.493 e. The molecule has 10 nitrogen and oxygen atoms in total. The number of hydrogen-bond donors (Lipinski definition) is 1. The zero-order valence-electron chi connectivity index (χ0n) is 14.0. The molecule has 0 fully saturated rings. The van der Waals surface area contributed by atoms with Gasteiger partial charge in [0.15, 0.2) is 18.1 Å². The number of amides is 1. The maximum atomic E-state index is 11.8. The molecule has 10 heteroatoms. The number of carbonyl (C=O) groups is 2. The summed E-state index contributed by atoms with van der Waals surface area (Å²) in [6, 6.07) is 7.27. The van der Waals surface area contributed by atoms with Crippen molar-refractivity contribution in [2.45, 2.75) is 6.54 Å². The molecular formula is C16H16N2O8. The van der Waals surface area contributed by atoms with Gasteiger partial charge in [0, 0.05) is 6.54 Å². The molecule has 0 saturated carbocycles. The zero-order valence-corrected chi connectivity index (χ0v) is 14.0. The highest BCUT2D eigenvalue weighted by Crippen LogP contribution is 2.27. The highest BCUT2D eigenvalue weighted by Gasteiger charge is 2.19. The van der Waals surface area contributed by atoms with Gasteiger partial charge in [0.2, 0.25) is 5.76 Å². The van der Waals surface area contributed by atoms with Gasteiger partial charge in [-0.05, 0) is 23.8 Å². The highest BCUT2D eigenvalue weighted by atomic mass is 16.7. The summed E-state index contributed by atoms with van der Waals surface area (Å²) in [7, 11) is 3.01. The van der Waals surface area contributed by atoms with Gasteiger partial charge in [-0.15, -0.1) is 0 Å². The van der Waals surface area contributed by atoms with Crippen LogP contribution < -0.4 is 14.8 Å². The number of benzene rings is 1. The van der Waals surface area contributed by atoms with E-state index in [1.54, 1.807) is 18.2 Å². The number of methoxy groups -OCH3 is 2. The van der Waals surface area contributed by atoms with Crippen molar-refractivity contribution in [2.75, 3.05) is 20.8 Å². The van der Waals surface area contributed by atoms with Crippen molar-refractivity contribution in [3.63, 3.8) is 0 Å². The van der Waals surface area contributed by atoms with Gasteiger partial charge < -0.3 is 23.9 Å². The lowest BCUT2D eigenvalue weighted by atomic mass is 10.2. The summed E-state index contributed by atoms with van der Waals surface area (Å²) in [6.07, 6.45) is 0. The molecule has 0 bridgehead atoms. The summed E-state index contributed by atoms with van der Waals surface area (Å²) < 4.78 is 19.7. The molecule has 1 aromatic carbocycles. The van der Waals surface area contributed by atoms with Gasteiger partial charge in [0.25, 0.3) is 5.91 Å². The summed E-state index contributed by atoms with van der Waals surface area (Å²) >= 11 is 0. The van der Waals surface area contributed by atoms with Crippen molar-refractivity contribution in [1.29, 1.82) is 0 Å². The first kappa shape index (κ1) is 18.8. The predicted octanol–water partition coefficient (Wildman–Crippen LogP) is 1.68. The molecule has 1 aromatic heterocycles. The summed E-state index contributed by atoms with van der Waals surface area (Å²) in [5.74, 6) is -1.39. The lowest BCUT2D eigenvalue weighted by Crippen LogP contribution is -2.28. The molecule has 0 aliphatic rings. The fourth-order valence-electron chi connectivity index (χ4n) is 1.98. The Morgan fingerprint density at radius 3 is 2.50 bits per heavy atom. The molecule has 0 radical (unpaired) electrons. The van der Waals surface area contributed by atoms with Crippen molar-refractivity contribution in [3.05, 3.63) is 51.8 Å². The molecule has 0 aliphatic carbocycles. The van der Waals surface area contributed by atoms with Crippen molar-refractivity contribution in [2.24, 2.45) is 0 Å². The lowest BCUT2D eigenvalue weighted by molar-refractivity contribution is -0.402. The molecule has 0 spiro atoms. The van der Waals surface area contributed by atoms with Gasteiger partial charge in [0.1, 0.15) is 4.92 Å². The molecule has 138 valence electrons. The SMILES string of the molecule is COc1ccc(CNC(=O)COC(=O)c2ccc([N+](=O)[O-])o2)cc1OC. The minimum Gasteiger partial charge on any atom is -0.493 e. The number of rotatable bonds is 8. The van der Waals surface area contributed by atoms with Crippen LogP contribution >= 0.6 is 0 Å². The Hall–Kier alpha value is -3.56. The van der Waals surface area contributed by atoms with E-state index in [0.29, 0.717) is 11.5 Å². The van der Waals surface area contributed by atoms with Crippen LogP contribution in [-0.4, -0.2) is 37.6 Å². The van der Waals surface area contributed by atoms with E-state index in [1.165, 1.54) is 14.2 Å². The Bertz CT molecular complexity index is 814. The summed E-state index contributed by atoms with van der Waals surface area (Å²) in [4.78, 5) is 33.1. The molecule has 2 rings (SSSR count). The van der Waals surface area contributed by atoms with Crippen molar-refractivity contribution in [1.82, 2.24) is 5.32 Å². The Morgan fingerprint density at radius 1 is 1.15 bits per heavy atom. The van der Waals surface area contributed by atoms with Crippen molar-refractivity contribution >= 4 is 17.8 Å². The van der Waals surface area contributed by atoms with E-state index < -0.39 is 29.3 Å². The first-order chi connectivity index (χ1) is 12.4. The minimum absolute atomic E-state index is 0.183. The number of nitrogens with zero attached hydrogens (tertiary/aromatic N) is 1. The van der Waals surface area contributed by atoms with Crippen LogP contribution in [0.1, 0.15) is 16.1 Å². The average molecular weight is 364 g/mol. The van der Waals surface area contributed by atoms with Gasteiger partial charge in [-0.25, -0.2) is 4.79 Å². The second-order valence-electron chi connectivity index (χ2n) is 4.94. The Balaban J connectivity index is 1.83. The van der Waals surface area contributed by atoms with Gasteiger partial charge in [-0.2, -0.15) is 0 Å². The maximum Gasteiger partial charge on any atom is 0.433 e. The average Bonchev–Trinajstić information content (AvgIpc) is 3.14. The Labute approximate surface area is 147 Å².